The molecule has 1 atom stereocenters. The molecular formula is C13H21NO2S. The molecule has 0 amide bonds. The van der Waals surface area contributed by atoms with Crippen molar-refractivity contribution in [2.75, 3.05) is 18.6 Å². The van der Waals surface area contributed by atoms with Crippen LogP contribution in [-0.2, 0) is 9.84 Å². The van der Waals surface area contributed by atoms with E-state index in [2.05, 4.69) is 24.4 Å². The fourth-order valence-electron chi connectivity index (χ4n) is 1.87. The van der Waals surface area contributed by atoms with Crippen LogP contribution in [0.15, 0.2) is 30.3 Å². The molecule has 0 fully saturated rings. The van der Waals surface area contributed by atoms with E-state index in [1.54, 1.807) is 0 Å². The van der Waals surface area contributed by atoms with Crippen LogP contribution >= 0.6 is 0 Å². The summed E-state index contributed by atoms with van der Waals surface area (Å²) in [6.45, 7) is 2.95. The van der Waals surface area contributed by atoms with Crippen molar-refractivity contribution in [3.8, 4) is 0 Å². The van der Waals surface area contributed by atoms with Crippen molar-refractivity contribution >= 4 is 9.84 Å². The van der Waals surface area contributed by atoms with E-state index in [0.29, 0.717) is 6.42 Å². The summed E-state index contributed by atoms with van der Waals surface area (Å²) >= 11 is 0. The average Bonchev–Trinajstić information content (AvgIpc) is 2.27. The van der Waals surface area contributed by atoms with Gasteiger partial charge in [0.1, 0.15) is 9.84 Å². The number of hydrogen-bond acceptors (Lipinski definition) is 3. The summed E-state index contributed by atoms with van der Waals surface area (Å²) in [5.74, 6) is 0.266. The maximum Gasteiger partial charge on any atom is 0.147 e. The minimum absolute atomic E-state index is 0.253. The maximum absolute atomic E-state index is 11.1. The first-order valence-electron chi connectivity index (χ1n) is 5.99. The topological polar surface area (TPSA) is 46.2 Å². The Labute approximate surface area is 104 Å². The zero-order chi connectivity index (χ0) is 12.7. The monoisotopic (exact) mass is 255 g/mol. The lowest BCUT2D eigenvalue weighted by Crippen LogP contribution is -2.21. The third kappa shape index (κ3) is 5.84. The predicted molar refractivity (Wildman–Crippen MR) is 71.8 cm³/mol. The van der Waals surface area contributed by atoms with Gasteiger partial charge in [-0.2, -0.15) is 0 Å². The minimum Gasteiger partial charge on any atom is -0.310 e. The highest BCUT2D eigenvalue weighted by Gasteiger charge is 2.11. The first-order valence-corrected chi connectivity index (χ1v) is 8.05. The van der Waals surface area contributed by atoms with Crippen LogP contribution in [0.3, 0.4) is 0 Å². The first-order chi connectivity index (χ1) is 8.03. The predicted octanol–water partition coefficient (Wildman–Crippen LogP) is 2.16. The van der Waals surface area contributed by atoms with Crippen molar-refractivity contribution in [1.82, 2.24) is 5.32 Å². The summed E-state index contributed by atoms with van der Waals surface area (Å²) < 4.78 is 22.2. The standard InChI is InChI=1S/C13H21NO2S/c1-3-14-13(10-7-11-17(2,15)16)12-8-5-4-6-9-12/h4-6,8-9,13-14H,3,7,10-11H2,1-2H3. The van der Waals surface area contributed by atoms with Crippen molar-refractivity contribution in [3.05, 3.63) is 35.9 Å². The molecule has 0 bridgehead atoms. The average molecular weight is 255 g/mol. The highest BCUT2D eigenvalue weighted by molar-refractivity contribution is 7.90. The molecule has 0 radical (unpaired) electrons. The molecule has 1 unspecified atom stereocenters. The third-order valence-corrected chi connectivity index (χ3v) is 3.69. The number of rotatable bonds is 7. The smallest absolute Gasteiger partial charge is 0.147 e. The molecule has 0 aliphatic carbocycles. The molecule has 1 rings (SSSR count). The normalized spacial score (nSPS) is 13.5. The Hall–Kier alpha value is -0.870. The fourth-order valence-corrected chi connectivity index (χ4v) is 2.56. The van der Waals surface area contributed by atoms with Gasteiger partial charge in [-0.05, 0) is 24.9 Å². The van der Waals surface area contributed by atoms with Crippen LogP contribution in [0.2, 0.25) is 0 Å². The Morgan fingerprint density at radius 2 is 1.88 bits per heavy atom. The molecule has 3 nitrogen and oxygen atoms in total. The van der Waals surface area contributed by atoms with Gasteiger partial charge in [0.2, 0.25) is 0 Å². The highest BCUT2D eigenvalue weighted by Crippen LogP contribution is 2.18. The van der Waals surface area contributed by atoms with Crippen molar-refractivity contribution in [2.24, 2.45) is 0 Å². The largest absolute Gasteiger partial charge is 0.310 e. The van der Waals surface area contributed by atoms with E-state index in [0.717, 1.165) is 13.0 Å². The van der Waals surface area contributed by atoms with Gasteiger partial charge in [-0.25, -0.2) is 8.42 Å². The van der Waals surface area contributed by atoms with Gasteiger partial charge in [-0.3, -0.25) is 0 Å². The quantitative estimate of drug-likeness (QED) is 0.812. The molecule has 0 aliphatic rings. The fraction of sp³-hybridized carbons (Fsp3) is 0.538. The van der Waals surface area contributed by atoms with Crippen LogP contribution in [0.4, 0.5) is 0 Å². The Morgan fingerprint density at radius 3 is 2.41 bits per heavy atom. The maximum atomic E-state index is 11.1. The van der Waals surface area contributed by atoms with E-state index < -0.39 is 9.84 Å². The summed E-state index contributed by atoms with van der Waals surface area (Å²) in [5, 5.41) is 3.39. The third-order valence-electron chi connectivity index (χ3n) is 2.66. The zero-order valence-corrected chi connectivity index (χ0v) is 11.3. The summed E-state index contributed by atoms with van der Waals surface area (Å²) in [6.07, 6.45) is 2.84. The van der Waals surface area contributed by atoms with Gasteiger partial charge in [0.25, 0.3) is 0 Å². The highest BCUT2D eigenvalue weighted by atomic mass is 32.2. The second-order valence-corrected chi connectivity index (χ2v) is 6.55. The summed E-state index contributed by atoms with van der Waals surface area (Å²) in [6, 6.07) is 10.4. The number of nitrogens with one attached hydrogen (secondary N) is 1. The molecule has 0 aromatic heterocycles. The molecule has 96 valence electrons. The van der Waals surface area contributed by atoms with Crippen molar-refractivity contribution in [3.63, 3.8) is 0 Å². The molecule has 0 aliphatic heterocycles. The van der Waals surface area contributed by atoms with Crippen LogP contribution in [0.5, 0.6) is 0 Å². The van der Waals surface area contributed by atoms with Crippen LogP contribution in [0.1, 0.15) is 31.4 Å². The number of hydrogen-bond donors (Lipinski definition) is 1. The lowest BCUT2D eigenvalue weighted by Gasteiger charge is -2.18. The van der Waals surface area contributed by atoms with E-state index in [1.165, 1.54) is 11.8 Å². The van der Waals surface area contributed by atoms with Crippen LogP contribution in [0.25, 0.3) is 0 Å². The van der Waals surface area contributed by atoms with Crippen molar-refractivity contribution in [2.45, 2.75) is 25.8 Å². The Balaban J connectivity index is 2.56. The second kappa shape index (κ2) is 6.77. The molecular weight excluding hydrogens is 234 g/mol. The van der Waals surface area contributed by atoms with E-state index in [4.69, 9.17) is 0 Å². The van der Waals surface area contributed by atoms with Crippen LogP contribution in [-0.4, -0.2) is 27.0 Å². The first kappa shape index (κ1) is 14.2. The van der Waals surface area contributed by atoms with Gasteiger partial charge in [0.15, 0.2) is 0 Å². The molecule has 4 heteroatoms. The number of sulfone groups is 1. The van der Waals surface area contributed by atoms with E-state index >= 15 is 0 Å². The summed E-state index contributed by atoms with van der Waals surface area (Å²) in [7, 11) is -2.84. The SMILES string of the molecule is CCNC(CCCS(C)(=O)=O)c1ccccc1. The van der Waals surface area contributed by atoms with Crippen molar-refractivity contribution in [1.29, 1.82) is 0 Å². The van der Waals surface area contributed by atoms with Gasteiger partial charge in [0.05, 0.1) is 0 Å². The van der Waals surface area contributed by atoms with Crippen molar-refractivity contribution < 1.29 is 8.42 Å². The molecule has 0 saturated heterocycles. The Kier molecular flexibility index (Phi) is 5.65. The van der Waals surface area contributed by atoms with Gasteiger partial charge in [-0.15, -0.1) is 0 Å². The van der Waals surface area contributed by atoms with E-state index in [9.17, 15) is 8.42 Å². The zero-order valence-electron chi connectivity index (χ0n) is 10.5. The van der Waals surface area contributed by atoms with Gasteiger partial charge < -0.3 is 5.32 Å². The lowest BCUT2D eigenvalue weighted by atomic mass is 10.0. The Bertz CT molecular complexity index is 414. The summed E-state index contributed by atoms with van der Waals surface area (Å²) in [4.78, 5) is 0. The molecule has 0 spiro atoms. The lowest BCUT2D eigenvalue weighted by molar-refractivity contribution is 0.507. The molecule has 0 saturated carbocycles. The molecule has 1 aromatic carbocycles. The molecule has 1 aromatic rings. The summed E-state index contributed by atoms with van der Waals surface area (Å²) in [5.41, 5.74) is 1.22. The minimum atomic E-state index is -2.84. The molecule has 17 heavy (non-hydrogen) atoms. The molecule has 1 N–H and O–H groups in total. The van der Waals surface area contributed by atoms with E-state index in [-0.39, 0.29) is 11.8 Å². The van der Waals surface area contributed by atoms with Gasteiger partial charge in [-0.1, -0.05) is 37.3 Å². The van der Waals surface area contributed by atoms with Crippen LogP contribution in [0, 0.1) is 0 Å². The van der Waals surface area contributed by atoms with Crippen LogP contribution < -0.4 is 5.32 Å². The Morgan fingerprint density at radius 1 is 1.24 bits per heavy atom. The molecule has 0 heterocycles. The van der Waals surface area contributed by atoms with Gasteiger partial charge in [0, 0.05) is 18.1 Å². The van der Waals surface area contributed by atoms with Gasteiger partial charge >= 0.3 is 0 Å². The van der Waals surface area contributed by atoms with E-state index in [1.807, 2.05) is 18.2 Å². The number of benzene rings is 1. The second-order valence-electron chi connectivity index (χ2n) is 4.29.